The molecule has 0 saturated heterocycles. The molecular weight excluding hydrogens is 230 g/mol. The van der Waals surface area contributed by atoms with Crippen LogP contribution in [0.1, 0.15) is 19.8 Å². The first-order valence-corrected chi connectivity index (χ1v) is 6.58. The van der Waals surface area contributed by atoms with Crippen molar-refractivity contribution >= 4 is 10.0 Å². The van der Waals surface area contributed by atoms with Crippen molar-refractivity contribution in [3.63, 3.8) is 0 Å². The summed E-state index contributed by atoms with van der Waals surface area (Å²) in [4.78, 5) is 0.143. The third-order valence-electron chi connectivity index (χ3n) is 2.11. The summed E-state index contributed by atoms with van der Waals surface area (Å²) in [6, 6.07) is -0.199. The molecule has 1 rings (SSSR count). The van der Waals surface area contributed by atoms with Crippen LogP contribution < -0.4 is 4.72 Å². The highest BCUT2D eigenvalue weighted by Gasteiger charge is 2.20. The van der Waals surface area contributed by atoms with Crippen LogP contribution in [-0.2, 0) is 14.8 Å². The fraction of sp³-hybridized carbons (Fsp3) is 0.667. The van der Waals surface area contributed by atoms with Crippen LogP contribution in [0.4, 0.5) is 0 Å². The molecular formula is C9H17N3O3S. The molecule has 0 spiro atoms. The average molecular weight is 247 g/mol. The third kappa shape index (κ3) is 3.58. The molecule has 0 aromatic carbocycles. The van der Waals surface area contributed by atoms with E-state index in [0.29, 0.717) is 6.61 Å². The number of nitrogens with zero attached hydrogens (tertiary/aromatic N) is 1. The molecule has 0 aliphatic carbocycles. The summed E-state index contributed by atoms with van der Waals surface area (Å²) in [6.45, 7) is 2.36. The maximum atomic E-state index is 11.8. The molecule has 0 aliphatic rings. The Labute approximate surface area is 95.4 Å². The SMILES string of the molecule is CCCC(COC)NS(=O)(=O)c1cn[nH]c1. The van der Waals surface area contributed by atoms with E-state index in [0.717, 1.165) is 12.8 Å². The van der Waals surface area contributed by atoms with Crippen molar-refractivity contribution in [2.75, 3.05) is 13.7 Å². The summed E-state index contributed by atoms with van der Waals surface area (Å²) in [5.41, 5.74) is 0. The largest absolute Gasteiger partial charge is 0.383 e. The highest BCUT2D eigenvalue weighted by molar-refractivity contribution is 7.89. The van der Waals surface area contributed by atoms with Crippen molar-refractivity contribution in [2.24, 2.45) is 0 Å². The lowest BCUT2D eigenvalue weighted by atomic mass is 10.2. The van der Waals surface area contributed by atoms with Crippen LogP contribution in [0.3, 0.4) is 0 Å². The zero-order chi connectivity index (χ0) is 12.0. The van der Waals surface area contributed by atoms with E-state index in [1.54, 1.807) is 7.11 Å². The summed E-state index contributed by atoms with van der Waals surface area (Å²) in [5, 5.41) is 6.08. The number of nitrogens with one attached hydrogen (secondary N) is 2. The Hall–Kier alpha value is -0.920. The van der Waals surface area contributed by atoms with Crippen LogP contribution in [0, 0.1) is 0 Å². The van der Waals surface area contributed by atoms with Crippen molar-refractivity contribution in [2.45, 2.75) is 30.7 Å². The van der Waals surface area contributed by atoms with Crippen LogP contribution in [0.25, 0.3) is 0 Å². The molecule has 1 aromatic rings. The molecule has 0 radical (unpaired) electrons. The van der Waals surface area contributed by atoms with Gasteiger partial charge in [-0.2, -0.15) is 5.10 Å². The van der Waals surface area contributed by atoms with E-state index in [1.165, 1.54) is 12.4 Å². The highest BCUT2D eigenvalue weighted by atomic mass is 32.2. The Morgan fingerprint density at radius 3 is 2.88 bits per heavy atom. The summed E-state index contributed by atoms with van der Waals surface area (Å²) >= 11 is 0. The molecule has 1 aromatic heterocycles. The second kappa shape index (κ2) is 5.97. The molecule has 6 nitrogen and oxygen atoms in total. The second-order valence-electron chi connectivity index (χ2n) is 3.50. The Bertz CT molecular complexity index is 382. The normalized spacial score (nSPS) is 13.9. The van der Waals surface area contributed by atoms with Gasteiger partial charge in [0.05, 0.1) is 12.8 Å². The van der Waals surface area contributed by atoms with Crippen molar-refractivity contribution in [1.29, 1.82) is 0 Å². The summed E-state index contributed by atoms with van der Waals surface area (Å²) in [6.07, 6.45) is 4.25. The first-order chi connectivity index (χ1) is 7.60. The van der Waals surface area contributed by atoms with E-state index in [-0.39, 0.29) is 10.9 Å². The smallest absolute Gasteiger partial charge is 0.244 e. The average Bonchev–Trinajstić information content (AvgIpc) is 2.71. The first-order valence-electron chi connectivity index (χ1n) is 5.10. The molecule has 0 fully saturated rings. The van der Waals surface area contributed by atoms with E-state index in [1.807, 2.05) is 6.92 Å². The predicted molar refractivity (Wildman–Crippen MR) is 59.5 cm³/mol. The molecule has 0 saturated carbocycles. The van der Waals surface area contributed by atoms with Gasteiger partial charge in [-0.3, -0.25) is 5.10 Å². The van der Waals surface area contributed by atoms with Gasteiger partial charge in [-0.25, -0.2) is 13.1 Å². The maximum Gasteiger partial charge on any atom is 0.244 e. The van der Waals surface area contributed by atoms with Crippen molar-refractivity contribution < 1.29 is 13.2 Å². The zero-order valence-corrected chi connectivity index (χ0v) is 10.3. The second-order valence-corrected chi connectivity index (χ2v) is 5.21. The van der Waals surface area contributed by atoms with Crippen LogP contribution in [0.2, 0.25) is 0 Å². The Morgan fingerprint density at radius 2 is 2.38 bits per heavy atom. The fourth-order valence-electron chi connectivity index (χ4n) is 1.40. The summed E-state index contributed by atoms with van der Waals surface area (Å²) < 4.78 is 31.2. The molecule has 1 heterocycles. The monoisotopic (exact) mass is 247 g/mol. The number of methoxy groups -OCH3 is 1. The Kier molecular flexibility index (Phi) is 4.91. The minimum atomic E-state index is -3.48. The van der Waals surface area contributed by atoms with E-state index in [2.05, 4.69) is 14.9 Å². The molecule has 0 bridgehead atoms. The van der Waals surface area contributed by atoms with Gasteiger partial charge in [-0.1, -0.05) is 13.3 Å². The van der Waals surface area contributed by atoms with Gasteiger partial charge in [0.1, 0.15) is 4.90 Å². The minimum Gasteiger partial charge on any atom is -0.383 e. The first kappa shape index (κ1) is 13.1. The number of rotatable bonds is 7. The van der Waals surface area contributed by atoms with Crippen molar-refractivity contribution in [3.8, 4) is 0 Å². The van der Waals surface area contributed by atoms with Gasteiger partial charge in [0.15, 0.2) is 0 Å². The summed E-state index contributed by atoms with van der Waals surface area (Å²) in [5.74, 6) is 0. The van der Waals surface area contributed by atoms with Crippen LogP contribution in [0.15, 0.2) is 17.3 Å². The predicted octanol–water partition coefficient (Wildman–Crippen LogP) is 0.503. The van der Waals surface area contributed by atoms with Gasteiger partial charge in [0.2, 0.25) is 10.0 Å². The Balaban J connectivity index is 2.70. The number of aromatic amines is 1. The zero-order valence-electron chi connectivity index (χ0n) is 9.43. The molecule has 0 aliphatic heterocycles. The van der Waals surface area contributed by atoms with Gasteiger partial charge in [0.25, 0.3) is 0 Å². The lowest BCUT2D eigenvalue weighted by Crippen LogP contribution is -2.37. The molecule has 0 amide bonds. The standard InChI is InChI=1S/C9H17N3O3S/c1-3-4-8(7-15-2)12-16(13,14)9-5-10-11-6-9/h5-6,8,12H,3-4,7H2,1-2H3,(H,10,11). The van der Waals surface area contributed by atoms with E-state index < -0.39 is 10.0 Å². The molecule has 7 heteroatoms. The Morgan fingerprint density at radius 1 is 1.62 bits per heavy atom. The lowest BCUT2D eigenvalue weighted by molar-refractivity contribution is 0.171. The molecule has 16 heavy (non-hydrogen) atoms. The number of hydrogen-bond donors (Lipinski definition) is 2. The number of H-pyrrole nitrogens is 1. The number of ether oxygens (including phenoxy) is 1. The topological polar surface area (TPSA) is 84.1 Å². The van der Waals surface area contributed by atoms with Gasteiger partial charge in [0, 0.05) is 19.3 Å². The van der Waals surface area contributed by atoms with Gasteiger partial charge in [-0.05, 0) is 6.42 Å². The number of hydrogen-bond acceptors (Lipinski definition) is 4. The van der Waals surface area contributed by atoms with Crippen molar-refractivity contribution in [1.82, 2.24) is 14.9 Å². The van der Waals surface area contributed by atoms with E-state index in [9.17, 15) is 8.42 Å². The molecule has 92 valence electrons. The van der Waals surface area contributed by atoms with Crippen LogP contribution >= 0.6 is 0 Å². The minimum absolute atomic E-state index is 0.143. The van der Waals surface area contributed by atoms with Gasteiger partial charge >= 0.3 is 0 Å². The van der Waals surface area contributed by atoms with Gasteiger partial charge < -0.3 is 4.74 Å². The third-order valence-corrected chi connectivity index (χ3v) is 3.60. The molecule has 2 N–H and O–H groups in total. The van der Waals surface area contributed by atoms with Crippen LogP contribution in [-0.4, -0.2) is 38.4 Å². The van der Waals surface area contributed by atoms with E-state index in [4.69, 9.17) is 4.74 Å². The number of sulfonamides is 1. The highest BCUT2D eigenvalue weighted by Crippen LogP contribution is 2.07. The fourth-order valence-corrected chi connectivity index (χ4v) is 2.56. The molecule has 1 atom stereocenters. The molecule has 1 unspecified atom stereocenters. The number of aromatic nitrogens is 2. The van der Waals surface area contributed by atoms with Crippen molar-refractivity contribution in [3.05, 3.63) is 12.4 Å². The van der Waals surface area contributed by atoms with E-state index >= 15 is 0 Å². The maximum absolute atomic E-state index is 11.8. The summed E-state index contributed by atoms with van der Waals surface area (Å²) in [7, 11) is -1.93. The van der Waals surface area contributed by atoms with Gasteiger partial charge in [-0.15, -0.1) is 0 Å². The lowest BCUT2D eigenvalue weighted by Gasteiger charge is -2.16. The van der Waals surface area contributed by atoms with Crippen LogP contribution in [0.5, 0.6) is 0 Å². The quantitative estimate of drug-likeness (QED) is 0.735.